The predicted octanol–water partition coefficient (Wildman–Crippen LogP) is 3.87. The van der Waals surface area contributed by atoms with Crippen molar-refractivity contribution >= 4 is 17.2 Å². The zero-order chi connectivity index (χ0) is 16.7. The van der Waals surface area contributed by atoms with Gasteiger partial charge in [-0.1, -0.05) is 0 Å². The normalized spacial score (nSPS) is 20.1. The molecule has 2 fully saturated rings. The first kappa shape index (κ1) is 15.6. The van der Waals surface area contributed by atoms with Crippen LogP contribution in [0.15, 0.2) is 29.6 Å². The second kappa shape index (κ2) is 5.84. The molecule has 0 unspecified atom stereocenters. The Hall–Kier alpha value is -1.95. The van der Waals surface area contributed by atoms with Gasteiger partial charge < -0.3 is 10.0 Å². The van der Waals surface area contributed by atoms with Crippen LogP contribution in [0.2, 0.25) is 0 Å². The van der Waals surface area contributed by atoms with E-state index >= 15 is 0 Å². The van der Waals surface area contributed by atoms with Gasteiger partial charge in [-0.15, -0.1) is 11.3 Å². The summed E-state index contributed by atoms with van der Waals surface area (Å²) in [5.41, 5.74) is 0.226. The molecule has 4 nitrogen and oxygen atoms in total. The Kier molecular flexibility index (Phi) is 3.79. The fourth-order valence-electron chi connectivity index (χ4n) is 3.36. The third-order valence-corrected chi connectivity index (χ3v) is 5.92. The number of piperidine rings is 1. The van der Waals surface area contributed by atoms with Crippen molar-refractivity contribution in [1.29, 1.82) is 0 Å². The summed E-state index contributed by atoms with van der Waals surface area (Å²) >= 11 is 1.40. The molecule has 1 saturated carbocycles. The van der Waals surface area contributed by atoms with Crippen LogP contribution in [-0.2, 0) is 0 Å². The molecule has 1 amide bonds. The molecule has 24 heavy (non-hydrogen) atoms. The van der Waals surface area contributed by atoms with E-state index < -0.39 is 5.67 Å². The van der Waals surface area contributed by atoms with Gasteiger partial charge in [-0.05, 0) is 55.9 Å². The molecule has 126 valence electrons. The lowest BCUT2D eigenvalue weighted by Gasteiger charge is -2.36. The van der Waals surface area contributed by atoms with Crippen molar-refractivity contribution in [1.82, 2.24) is 9.88 Å². The van der Waals surface area contributed by atoms with Crippen LogP contribution < -0.4 is 0 Å². The van der Waals surface area contributed by atoms with Crippen molar-refractivity contribution in [2.24, 2.45) is 5.92 Å². The van der Waals surface area contributed by atoms with E-state index in [1.165, 1.54) is 11.3 Å². The van der Waals surface area contributed by atoms with Crippen LogP contribution in [0.5, 0.6) is 5.75 Å². The molecular weight excluding hydrogens is 327 g/mol. The smallest absolute Gasteiger partial charge is 0.273 e. The number of likely N-dealkylation sites (tertiary alicyclic amines) is 1. The van der Waals surface area contributed by atoms with Crippen molar-refractivity contribution in [2.45, 2.75) is 31.4 Å². The van der Waals surface area contributed by atoms with Gasteiger partial charge in [-0.2, -0.15) is 0 Å². The number of hydrogen-bond acceptors (Lipinski definition) is 4. The number of rotatable bonds is 3. The van der Waals surface area contributed by atoms with E-state index in [-0.39, 0.29) is 17.6 Å². The first-order valence-corrected chi connectivity index (χ1v) is 9.16. The fraction of sp³-hybridized carbons (Fsp3) is 0.444. The Morgan fingerprint density at radius 2 is 1.92 bits per heavy atom. The number of hydrogen-bond donors (Lipinski definition) is 1. The first-order chi connectivity index (χ1) is 11.5. The van der Waals surface area contributed by atoms with Crippen LogP contribution in [0, 0.1) is 5.92 Å². The Balaban J connectivity index is 1.44. The Morgan fingerprint density at radius 3 is 2.54 bits per heavy atom. The molecule has 0 radical (unpaired) electrons. The molecule has 4 rings (SSSR count). The highest BCUT2D eigenvalue weighted by molar-refractivity contribution is 7.13. The van der Waals surface area contributed by atoms with E-state index in [2.05, 4.69) is 4.98 Å². The van der Waals surface area contributed by atoms with Crippen LogP contribution in [0.25, 0.3) is 10.6 Å². The highest BCUT2D eigenvalue weighted by atomic mass is 32.1. The number of thiazole rings is 1. The number of aromatic hydroxyl groups is 1. The molecule has 6 heteroatoms. The minimum atomic E-state index is -1.06. The average Bonchev–Trinajstić information content (AvgIpc) is 3.35. The van der Waals surface area contributed by atoms with Crippen LogP contribution in [0.1, 0.15) is 36.2 Å². The second-order valence-electron chi connectivity index (χ2n) is 6.69. The topological polar surface area (TPSA) is 53.4 Å². The maximum Gasteiger partial charge on any atom is 0.273 e. The summed E-state index contributed by atoms with van der Waals surface area (Å²) in [6.07, 6.45) is 2.87. The number of halogens is 1. The second-order valence-corrected chi connectivity index (χ2v) is 7.54. The summed E-state index contributed by atoms with van der Waals surface area (Å²) in [6.45, 7) is 0.940. The van der Waals surface area contributed by atoms with Crippen molar-refractivity contribution in [3.63, 3.8) is 0 Å². The minimum Gasteiger partial charge on any atom is -0.508 e. The number of phenols is 1. The summed E-state index contributed by atoms with van der Waals surface area (Å²) in [6, 6.07) is 6.75. The standard InChI is InChI=1S/C18H19FN2O2S/c19-18(13-3-4-13)7-9-21(10-8-18)17(23)15-11-24-16(20-15)12-1-5-14(22)6-2-12/h1-2,5-6,11,13,22H,3-4,7-10H2. The van der Waals surface area contributed by atoms with E-state index in [4.69, 9.17) is 0 Å². The molecule has 1 N–H and O–H groups in total. The van der Waals surface area contributed by atoms with Crippen molar-refractivity contribution in [3.05, 3.63) is 35.3 Å². The van der Waals surface area contributed by atoms with Crippen LogP contribution in [-0.4, -0.2) is 39.7 Å². The molecule has 1 saturated heterocycles. The highest BCUT2D eigenvalue weighted by Crippen LogP contribution is 2.47. The van der Waals surface area contributed by atoms with Gasteiger partial charge in [0.25, 0.3) is 5.91 Å². The maximum absolute atomic E-state index is 14.7. The zero-order valence-electron chi connectivity index (χ0n) is 13.2. The van der Waals surface area contributed by atoms with E-state index in [1.54, 1.807) is 34.5 Å². The Labute approximate surface area is 144 Å². The van der Waals surface area contributed by atoms with Gasteiger partial charge in [0.05, 0.1) is 0 Å². The van der Waals surface area contributed by atoms with E-state index in [0.717, 1.165) is 23.4 Å². The summed E-state index contributed by atoms with van der Waals surface area (Å²) in [4.78, 5) is 18.7. The van der Waals surface area contributed by atoms with E-state index in [0.29, 0.717) is 31.6 Å². The van der Waals surface area contributed by atoms with Crippen LogP contribution in [0.3, 0.4) is 0 Å². The van der Waals surface area contributed by atoms with E-state index in [9.17, 15) is 14.3 Å². The quantitative estimate of drug-likeness (QED) is 0.918. The van der Waals surface area contributed by atoms with Gasteiger partial charge in [-0.3, -0.25) is 4.79 Å². The lowest BCUT2D eigenvalue weighted by molar-refractivity contribution is 0.0326. The van der Waals surface area contributed by atoms with Crippen LogP contribution in [0.4, 0.5) is 4.39 Å². The molecular formula is C18H19FN2O2S. The number of phenolic OH excluding ortho intramolecular Hbond substituents is 1. The predicted molar refractivity (Wildman–Crippen MR) is 90.9 cm³/mol. The number of carbonyl (C=O) groups excluding carboxylic acids is 1. The highest BCUT2D eigenvalue weighted by Gasteiger charge is 2.47. The Bertz CT molecular complexity index is 747. The number of carbonyl (C=O) groups is 1. The van der Waals surface area contributed by atoms with Gasteiger partial charge in [0.1, 0.15) is 22.1 Å². The lowest BCUT2D eigenvalue weighted by Crippen LogP contribution is -2.45. The summed E-state index contributed by atoms with van der Waals surface area (Å²) in [7, 11) is 0. The molecule has 0 bridgehead atoms. The van der Waals surface area contributed by atoms with Crippen molar-refractivity contribution in [2.75, 3.05) is 13.1 Å². The first-order valence-electron chi connectivity index (χ1n) is 8.28. The molecule has 2 aromatic rings. The van der Waals surface area contributed by atoms with E-state index in [1.807, 2.05) is 0 Å². The third-order valence-electron chi connectivity index (χ3n) is 5.03. The Morgan fingerprint density at radius 1 is 1.25 bits per heavy atom. The molecule has 2 aliphatic rings. The van der Waals surface area contributed by atoms with Gasteiger partial charge in [0, 0.05) is 24.0 Å². The fourth-order valence-corrected chi connectivity index (χ4v) is 4.16. The number of aromatic nitrogens is 1. The van der Waals surface area contributed by atoms with Crippen molar-refractivity contribution in [3.8, 4) is 16.3 Å². The molecule has 1 aliphatic carbocycles. The maximum atomic E-state index is 14.7. The lowest BCUT2D eigenvalue weighted by atomic mass is 9.88. The number of benzene rings is 1. The molecule has 1 aromatic carbocycles. The summed E-state index contributed by atoms with van der Waals surface area (Å²) in [5.74, 6) is 0.301. The minimum absolute atomic E-state index is 0.117. The molecule has 2 heterocycles. The average molecular weight is 346 g/mol. The largest absolute Gasteiger partial charge is 0.508 e. The monoisotopic (exact) mass is 346 g/mol. The summed E-state index contributed by atoms with van der Waals surface area (Å²) in [5, 5.41) is 11.8. The molecule has 0 atom stereocenters. The van der Waals surface area contributed by atoms with Crippen molar-refractivity contribution < 1.29 is 14.3 Å². The number of nitrogens with zero attached hydrogens (tertiary/aromatic N) is 2. The van der Waals surface area contributed by atoms with Gasteiger partial charge in [-0.25, -0.2) is 9.37 Å². The van der Waals surface area contributed by atoms with Crippen LogP contribution >= 0.6 is 11.3 Å². The van der Waals surface area contributed by atoms with Gasteiger partial charge in [0.2, 0.25) is 0 Å². The number of alkyl halides is 1. The molecule has 1 aliphatic heterocycles. The zero-order valence-corrected chi connectivity index (χ0v) is 14.1. The number of amides is 1. The van der Waals surface area contributed by atoms with Gasteiger partial charge >= 0.3 is 0 Å². The molecule has 0 spiro atoms. The van der Waals surface area contributed by atoms with Gasteiger partial charge in [0.15, 0.2) is 0 Å². The third kappa shape index (κ3) is 2.90. The molecule has 1 aromatic heterocycles. The summed E-state index contributed by atoms with van der Waals surface area (Å²) < 4.78 is 14.7. The SMILES string of the molecule is O=C(c1csc(-c2ccc(O)cc2)n1)N1CCC(F)(C2CC2)CC1.